The van der Waals surface area contributed by atoms with Gasteiger partial charge in [-0.05, 0) is 63.6 Å². The highest BCUT2D eigenvalue weighted by Gasteiger charge is 2.51. The number of hydrogen-bond acceptors (Lipinski definition) is 10. The van der Waals surface area contributed by atoms with Crippen LogP contribution in [0.4, 0.5) is 23.8 Å². The first kappa shape index (κ1) is 36.8. The number of terminal acetylenes is 1. The molecular formula is C41H43F3N6O5. The SMILES string of the molecule is C#Cc1c(F)ccc2cc(OCOC)cc(-c3ncc4c(N5CC6CCC(C5)N6C(=O)OC(C)(C)C)nc(OC[C@]56CC(=C)CN5C[C@@H](F)C6)nc4c3F)c12. The lowest BCUT2D eigenvalue weighted by atomic mass is 9.93. The van der Waals surface area contributed by atoms with E-state index in [0.29, 0.717) is 48.4 Å². The van der Waals surface area contributed by atoms with Gasteiger partial charge < -0.3 is 23.8 Å². The number of rotatable bonds is 8. The van der Waals surface area contributed by atoms with Crippen molar-refractivity contribution in [2.75, 3.05) is 51.6 Å². The molecule has 2 aromatic heterocycles. The van der Waals surface area contributed by atoms with Crippen molar-refractivity contribution >= 4 is 33.6 Å². The topological polar surface area (TPSA) is 102 Å². The zero-order valence-electron chi connectivity index (χ0n) is 31.3. The zero-order valence-corrected chi connectivity index (χ0v) is 31.3. The molecule has 8 rings (SSSR count). The minimum Gasteiger partial charge on any atom is -0.468 e. The number of methoxy groups -OCH3 is 1. The largest absolute Gasteiger partial charge is 0.468 e. The third kappa shape index (κ3) is 6.67. The molecule has 1 amide bonds. The number of aromatic nitrogens is 3. The molecule has 4 fully saturated rings. The van der Waals surface area contributed by atoms with Crippen molar-refractivity contribution in [1.82, 2.24) is 24.8 Å². The van der Waals surface area contributed by atoms with Gasteiger partial charge in [-0.3, -0.25) is 14.8 Å². The van der Waals surface area contributed by atoms with Gasteiger partial charge in [0.2, 0.25) is 0 Å². The molecule has 0 saturated carbocycles. The average molecular weight is 757 g/mol. The molecule has 2 unspecified atom stereocenters. The van der Waals surface area contributed by atoms with E-state index < -0.39 is 28.9 Å². The Morgan fingerprint density at radius 1 is 1.11 bits per heavy atom. The number of pyridine rings is 1. The van der Waals surface area contributed by atoms with Gasteiger partial charge in [0.25, 0.3) is 0 Å². The van der Waals surface area contributed by atoms with Crippen LogP contribution in [0.25, 0.3) is 32.9 Å². The van der Waals surface area contributed by atoms with E-state index in [1.54, 1.807) is 17.0 Å². The molecular weight excluding hydrogens is 713 g/mol. The number of anilines is 1. The van der Waals surface area contributed by atoms with Crippen molar-refractivity contribution in [1.29, 1.82) is 0 Å². The fraction of sp³-hybridized carbons (Fsp3) is 0.463. The molecule has 2 aromatic carbocycles. The highest BCUT2D eigenvalue weighted by molar-refractivity contribution is 6.03. The van der Waals surface area contributed by atoms with Gasteiger partial charge in [0.05, 0.1) is 28.6 Å². The summed E-state index contributed by atoms with van der Waals surface area (Å²) in [7, 11) is 1.47. The molecule has 4 aliphatic heterocycles. The van der Waals surface area contributed by atoms with Gasteiger partial charge in [-0.2, -0.15) is 9.97 Å². The minimum absolute atomic E-state index is 0.0532. The van der Waals surface area contributed by atoms with Crippen molar-refractivity contribution in [2.45, 2.75) is 75.8 Å². The number of benzene rings is 2. The number of alkyl halides is 1. The average Bonchev–Trinajstić information content (AvgIpc) is 3.71. The molecule has 2 bridgehead atoms. The summed E-state index contributed by atoms with van der Waals surface area (Å²) in [6, 6.07) is 5.56. The molecule has 6 heterocycles. The van der Waals surface area contributed by atoms with Gasteiger partial charge in [-0.15, -0.1) is 6.42 Å². The molecule has 4 aliphatic rings. The Morgan fingerprint density at radius 2 is 1.87 bits per heavy atom. The monoisotopic (exact) mass is 756 g/mol. The van der Waals surface area contributed by atoms with Crippen LogP contribution in [0.3, 0.4) is 0 Å². The molecule has 55 heavy (non-hydrogen) atoms. The van der Waals surface area contributed by atoms with E-state index >= 15 is 8.78 Å². The van der Waals surface area contributed by atoms with Crippen LogP contribution in [0.1, 0.15) is 52.0 Å². The van der Waals surface area contributed by atoms with Crippen molar-refractivity contribution in [2.24, 2.45) is 0 Å². The second kappa shape index (κ2) is 13.9. The normalized spacial score (nSPS) is 23.7. The first-order valence-corrected chi connectivity index (χ1v) is 18.4. The van der Waals surface area contributed by atoms with Gasteiger partial charge >= 0.3 is 12.1 Å². The predicted octanol–water partition coefficient (Wildman–Crippen LogP) is 6.80. The molecule has 4 aromatic rings. The van der Waals surface area contributed by atoms with E-state index in [4.69, 9.17) is 30.4 Å². The fourth-order valence-electron chi connectivity index (χ4n) is 8.80. The van der Waals surface area contributed by atoms with Crippen LogP contribution < -0.4 is 14.4 Å². The Morgan fingerprint density at radius 3 is 2.58 bits per heavy atom. The van der Waals surface area contributed by atoms with Crippen LogP contribution in [0, 0.1) is 24.0 Å². The van der Waals surface area contributed by atoms with Gasteiger partial charge in [0, 0.05) is 56.9 Å². The van der Waals surface area contributed by atoms with Crippen LogP contribution in [-0.4, -0.2) is 107 Å². The molecule has 4 atom stereocenters. The van der Waals surface area contributed by atoms with Gasteiger partial charge in [-0.1, -0.05) is 24.1 Å². The van der Waals surface area contributed by atoms with Gasteiger partial charge in [-0.25, -0.2) is 18.0 Å². The number of nitrogens with zero attached hydrogens (tertiary/aromatic N) is 6. The van der Waals surface area contributed by atoms with Crippen LogP contribution in [0.15, 0.2) is 42.6 Å². The van der Waals surface area contributed by atoms with E-state index in [0.717, 1.165) is 18.4 Å². The predicted molar refractivity (Wildman–Crippen MR) is 201 cm³/mol. The summed E-state index contributed by atoms with van der Waals surface area (Å²) in [5.41, 5.74) is -0.361. The van der Waals surface area contributed by atoms with Gasteiger partial charge in [0.1, 0.15) is 47.0 Å². The van der Waals surface area contributed by atoms with E-state index in [1.165, 1.54) is 25.4 Å². The maximum absolute atomic E-state index is 17.3. The standard InChI is InChI=1S/C41H43F3N6O5/c1-7-29-32(43)11-8-24-12-28(54-22-52-6)13-30(33(24)29)35-34(44)36-31(16-45-35)37(48-19-26-9-10-27(20-48)50(26)39(51)55-40(3,4)5)47-38(46-36)53-21-41-14-23(2)17-49(41)18-25(42)15-41/h1,8,11-13,16,25-27H,2,9-10,14-15,17-22H2,3-6H3/t25-,26?,27?,41+/m0/s1. The molecule has 0 radical (unpaired) electrons. The zero-order chi connectivity index (χ0) is 38.8. The summed E-state index contributed by atoms with van der Waals surface area (Å²) in [5.74, 6) is 1.68. The summed E-state index contributed by atoms with van der Waals surface area (Å²) in [5, 5.41) is 1.10. The number of halogens is 3. The summed E-state index contributed by atoms with van der Waals surface area (Å²) in [6.45, 7) is 11.3. The van der Waals surface area contributed by atoms with Crippen LogP contribution in [-0.2, 0) is 9.47 Å². The lowest BCUT2D eigenvalue weighted by Gasteiger charge is -2.42. The number of hydrogen-bond donors (Lipinski definition) is 0. The number of carbonyl (C=O) groups excluding carboxylic acids is 1. The van der Waals surface area contributed by atoms with Crippen LogP contribution in [0.2, 0.25) is 0 Å². The van der Waals surface area contributed by atoms with E-state index in [-0.39, 0.29) is 78.3 Å². The Labute approximate surface area is 317 Å². The first-order chi connectivity index (χ1) is 26.3. The maximum Gasteiger partial charge on any atom is 0.410 e. The Balaban J connectivity index is 1.24. The molecule has 4 saturated heterocycles. The van der Waals surface area contributed by atoms with Crippen molar-refractivity contribution in [3.8, 4) is 35.4 Å². The van der Waals surface area contributed by atoms with Crippen LogP contribution >= 0.6 is 0 Å². The minimum atomic E-state index is -1.01. The lowest BCUT2D eigenvalue weighted by molar-refractivity contribution is 0.0122. The van der Waals surface area contributed by atoms with E-state index in [2.05, 4.69) is 22.5 Å². The first-order valence-electron chi connectivity index (χ1n) is 18.4. The van der Waals surface area contributed by atoms with E-state index in [1.807, 2.05) is 30.6 Å². The third-order valence-electron chi connectivity index (χ3n) is 11.0. The maximum atomic E-state index is 17.3. The lowest BCUT2D eigenvalue weighted by Crippen LogP contribution is -2.57. The second-order valence-corrected chi connectivity index (χ2v) is 16.0. The number of carbonyl (C=O) groups is 1. The molecule has 0 N–H and O–H groups in total. The quantitative estimate of drug-likeness (QED) is 0.109. The molecule has 288 valence electrons. The summed E-state index contributed by atoms with van der Waals surface area (Å²) in [6.07, 6.45) is 8.27. The highest BCUT2D eigenvalue weighted by Crippen LogP contribution is 2.44. The Kier molecular flexibility index (Phi) is 9.28. The van der Waals surface area contributed by atoms with Crippen LogP contribution in [0.5, 0.6) is 11.8 Å². The smallest absolute Gasteiger partial charge is 0.410 e. The Bertz CT molecular complexity index is 2240. The second-order valence-electron chi connectivity index (χ2n) is 16.0. The Hall–Kier alpha value is -5.13. The fourth-order valence-corrected chi connectivity index (χ4v) is 8.80. The van der Waals surface area contributed by atoms with Crippen molar-refractivity contribution < 1.29 is 36.9 Å². The summed E-state index contributed by atoms with van der Waals surface area (Å²) >= 11 is 0. The molecule has 0 spiro atoms. The summed E-state index contributed by atoms with van der Waals surface area (Å²) < 4.78 is 70.1. The number of ether oxygens (including phenoxy) is 4. The summed E-state index contributed by atoms with van der Waals surface area (Å²) in [4.78, 5) is 33.2. The van der Waals surface area contributed by atoms with Crippen molar-refractivity contribution in [3.63, 3.8) is 0 Å². The van der Waals surface area contributed by atoms with Crippen molar-refractivity contribution in [3.05, 3.63) is 59.8 Å². The number of fused-ring (bicyclic) bond motifs is 5. The highest BCUT2D eigenvalue weighted by atomic mass is 19.1. The third-order valence-corrected chi connectivity index (χ3v) is 11.0. The number of piperazine rings is 1. The molecule has 11 nitrogen and oxygen atoms in total. The van der Waals surface area contributed by atoms with Gasteiger partial charge in [0.15, 0.2) is 12.6 Å². The number of amides is 1. The molecule has 14 heteroatoms. The van der Waals surface area contributed by atoms with E-state index in [9.17, 15) is 9.18 Å². The molecule has 0 aliphatic carbocycles.